The van der Waals surface area contributed by atoms with E-state index in [-0.39, 0.29) is 29.7 Å². The zero-order valence-electron chi connectivity index (χ0n) is 25.2. The molecule has 2 aliphatic heterocycles. The van der Waals surface area contributed by atoms with Crippen molar-refractivity contribution in [2.75, 3.05) is 43.8 Å². The normalized spacial score (nSPS) is 20.2. The molecule has 11 heteroatoms. The fraction of sp³-hybridized carbons (Fsp3) is 0.714. The Labute approximate surface area is 244 Å². The number of fused-ring (bicyclic) bond motifs is 2. The van der Waals surface area contributed by atoms with Crippen LogP contribution in [0.25, 0.3) is 0 Å². The molecule has 0 aromatic heterocycles. The average molecular weight is 644 g/mol. The Bertz CT molecular complexity index is 1040. The number of ether oxygens (including phenoxy) is 3. The van der Waals surface area contributed by atoms with Crippen molar-refractivity contribution < 1.29 is 28.2 Å². The second-order valence-corrected chi connectivity index (χ2v) is 24.4. The number of carbonyl (C=O) groups is 2. The van der Waals surface area contributed by atoms with Gasteiger partial charge < -0.3 is 23.5 Å². The van der Waals surface area contributed by atoms with E-state index in [2.05, 4.69) is 69.4 Å². The molecule has 0 aliphatic carbocycles. The van der Waals surface area contributed by atoms with E-state index in [0.29, 0.717) is 48.9 Å². The number of hydrogen-bond donors (Lipinski definition) is 0. The molecule has 1 aromatic rings. The van der Waals surface area contributed by atoms with Gasteiger partial charge in [-0.15, -0.1) is 0 Å². The maximum atomic E-state index is 14.1. The van der Waals surface area contributed by atoms with Gasteiger partial charge in [0.05, 0.1) is 31.1 Å². The molecule has 3 rings (SSSR count). The maximum absolute atomic E-state index is 14.1. The minimum absolute atomic E-state index is 0.0302. The van der Waals surface area contributed by atoms with Crippen LogP contribution in [-0.4, -0.2) is 84.2 Å². The molecule has 1 saturated heterocycles. The zero-order valence-corrected chi connectivity index (χ0v) is 28.8. The van der Waals surface area contributed by atoms with Crippen LogP contribution in [0.15, 0.2) is 12.1 Å². The van der Waals surface area contributed by atoms with Crippen LogP contribution < -0.4 is 14.4 Å². The van der Waals surface area contributed by atoms with Gasteiger partial charge in [0.2, 0.25) is 0 Å². The van der Waals surface area contributed by atoms with Crippen LogP contribution in [0, 0.1) is 0 Å². The summed E-state index contributed by atoms with van der Waals surface area (Å²) in [6.07, 6.45) is 1.10. The number of halogens is 1. The Morgan fingerprint density at radius 3 is 2.33 bits per heavy atom. The Balaban J connectivity index is 1.97. The number of benzene rings is 1. The van der Waals surface area contributed by atoms with Gasteiger partial charge in [-0.1, -0.05) is 56.3 Å². The summed E-state index contributed by atoms with van der Waals surface area (Å²) in [4.78, 5) is 31.4. The summed E-state index contributed by atoms with van der Waals surface area (Å²) >= 11 is 3.43. The predicted molar refractivity (Wildman–Crippen MR) is 165 cm³/mol. The third-order valence-corrected chi connectivity index (χ3v) is 14.7. The van der Waals surface area contributed by atoms with E-state index in [0.717, 1.165) is 17.8 Å². The van der Waals surface area contributed by atoms with Crippen molar-refractivity contribution in [3.05, 3.63) is 17.7 Å². The number of carbonyl (C=O) groups excluding carboxylic acids is 2. The van der Waals surface area contributed by atoms with Crippen LogP contribution in [-0.2, 0) is 14.0 Å². The van der Waals surface area contributed by atoms with E-state index in [4.69, 9.17) is 18.6 Å². The summed E-state index contributed by atoms with van der Waals surface area (Å²) in [5.41, 5.74) is 0.918. The number of rotatable bonds is 12. The molecule has 0 spiro atoms. The van der Waals surface area contributed by atoms with Gasteiger partial charge in [-0.25, -0.2) is 0 Å². The fourth-order valence-corrected chi connectivity index (χ4v) is 6.85. The maximum Gasteiger partial charge on any atom is 0.256 e. The second kappa shape index (κ2) is 12.6. The molecule has 0 saturated carbocycles. The minimum atomic E-state index is -2.09. The van der Waals surface area contributed by atoms with E-state index in [1.165, 1.54) is 0 Å². The molecule has 1 aromatic carbocycles. The first-order valence-corrected chi connectivity index (χ1v) is 21.6. The lowest BCUT2D eigenvalue weighted by molar-refractivity contribution is -0.123. The molecule has 1 fully saturated rings. The zero-order chi connectivity index (χ0) is 29.2. The quantitative estimate of drug-likeness (QED) is 0.155. The topological polar surface area (TPSA) is 77.5 Å². The number of nitrogens with zero attached hydrogens (tertiary/aromatic N) is 2. The molecule has 0 bridgehead atoms. The van der Waals surface area contributed by atoms with Crippen LogP contribution in [0.1, 0.15) is 44.0 Å². The van der Waals surface area contributed by atoms with Crippen molar-refractivity contribution >= 4 is 49.8 Å². The van der Waals surface area contributed by atoms with E-state index in [1.807, 2.05) is 0 Å². The molecule has 39 heavy (non-hydrogen) atoms. The average Bonchev–Trinajstić information content (AvgIpc) is 3.22. The Morgan fingerprint density at radius 1 is 1.05 bits per heavy atom. The fourth-order valence-electron chi connectivity index (χ4n) is 4.51. The van der Waals surface area contributed by atoms with Crippen LogP contribution >= 0.6 is 15.9 Å². The summed E-state index contributed by atoms with van der Waals surface area (Å²) in [6, 6.07) is 3.84. The van der Waals surface area contributed by atoms with E-state index in [9.17, 15) is 9.59 Å². The SMILES string of the molecule is COc1cc2c(cc1OCCCBr)N(COCC[Si](C)(C)C)C(=O)[C@@H]1C[C@@H](O[Si](C)(C)C(C)(C)C)CN1C2=O. The number of alkyl halides is 1. The summed E-state index contributed by atoms with van der Waals surface area (Å²) in [5.74, 6) is 0.633. The first kappa shape index (κ1) is 32.1. The van der Waals surface area contributed by atoms with Crippen molar-refractivity contribution in [2.45, 2.75) is 89.6 Å². The van der Waals surface area contributed by atoms with Crippen molar-refractivity contribution in [1.82, 2.24) is 4.90 Å². The Kier molecular flexibility index (Phi) is 10.4. The van der Waals surface area contributed by atoms with Crippen LogP contribution in [0.2, 0.25) is 43.8 Å². The lowest BCUT2D eigenvalue weighted by Gasteiger charge is -2.38. The van der Waals surface area contributed by atoms with Gasteiger partial charge in [-0.2, -0.15) is 0 Å². The molecule has 2 aliphatic rings. The van der Waals surface area contributed by atoms with Crippen molar-refractivity contribution in [3.8, 4) is 11.5 Å². The Hall–Kier alpha value is -1.41. The third kappa shape index (κ3) is 7.66. The highest BCUT2D eigenvalue weighted by Gasteiger charge is 2.49. The van der Waals surface area contributed by atoms with Gasteiger partial charge in [-0.05, 0) is 36.7 Å². The molecule has 2 atom stereocenters. The summed E-state index contributed by atoms with van der Waals surface area (Å²) < 4.78 is 24.3. The first-order valence-electron chi connectivity index (χ1n) is 13.9. The molecule has 8 nitrogen and oxygen atoms in total. The largest absolute Gasteiger partial charge is 0.493 e. The number of anilines is 1. The monoisotopic (exact) mass is 642 g/mol. The highest BCUT2D eigenvalue weighted by Crippen LogP contribution is 2.42. The van der Waals surface area contributed by atoms with Gasteiger partial charge >= 0.3 is 0 Å². The standard InChI is InChI=1S/C28H47BrN2O6Si2/c1-28(2,3)39(8,9)37-20-15-23-27(33)31(19-35-13-14-38(5,6)7)22-17-25(36-12-10-11-29)24(34-4)16-21(22)26(32)30(23)18-20/h16-17,20,23H,10-15,18-19H2,1-9H3/t20-,23+/m1/s1. The number of methoxy groups -OCH3 is 1. The summed E-state index contributed by atoms with van der Waals surface area (Å²) in [6.45, 7) is 19.4. The Morgan fingerprint density at radius 2 is 1.74 bits per heavy atom. The smallest absolute Gasteiger partial charge is 0.256 e. The molecule has 0 unspecified atom stereocenters. The third-order valence-electron chi connectivity index (χ3n) is 7.90. The first-order chi connectivity index (χ1) is 18.1. The molecule has 0 radical (unpaired) electrons. The second-order valence-electron chi connectivity index (χ2n) is 13.2. The van der Waals surface area contributed by atoms with Gasteiger partial charge in [0.1, 0.15) is 12.8 Å². The highest BCUT2D eigenvalue weighted by molar-refractivity contribution is 9.09. The van der Waals surface area contributed by atoms with Crippen molar-refractivity contribution in [3.63, 3.8) is 0 Å². The lowest BCUT2D eigenvalue weighted by atomic mass is 10.1. The summed E-state index contributed by atoms with van der Waals surface area (Å²) in [7, 11) is -1.83. The molecular weight excluding hydrogens is 596 g/mol. The van der Waals surface area contributed by atoms with E-state index >= 15 is 0 Å². The predicted octanol–water partition coefficient (Wildman–Crippen LogP) is 6.12. The van der Waals surface area contributed by atoms with E-state index < -0.39 is 22.4 Å². The molecule has 0 N–H and O–H groups in total. The van der Waals surface area contributed by atoms with Crippen LogP contribution in [0.3, 0.4) is 0 Å². The molecule has 220 valence electrons. The van der Waals surface area contributed by atoms with Crippen LogP contribution in [0.5, 0.6) is 11.5 Å². The number of hydrogen-bond acceptors (Lipinski definition) is 6. The van der Waals surface area contributed by atoms with Gasteiger partial charge in [0.15, 0.2) is 19.8 Å². The van der Waals surface area contributed by atoms with E-state index in [1.54, 1.807) is 29.0 Å². The molecule has 2 amide bonds. The van der Waals surface area contributed by atoms with Crippen molar-refractivity contribution in [2.24, 2.45) is 0 Å². The van der Waals surface area contributed by atoms with Crippen molar-refractivity contribution in [1.29, 1.82) is 0 Å². The highest BCUT2D eigenvalue weighted by atomic mass is 79.9. The summed E-state index contributed by atoms with van der Waals surface area (Å²) in [5, 5.41) is 0.839. The number of amides is 2. The lowest BCUT2D eigenvalue weighted by Crippen LogP contribution is -2.45. The molecular formula is C28H47BrN2O6Si2. The van der Waals surface area contributed by atoms with Gasteiger partial charge in [0.25, 0.3) is 11.8 Å². The van der Waals surface area contributed by atoms with Gasteiger partial charge in [-0.3, -0.25) is 14.5 Å². The van der Waals surface area contributed by atoms with Gasteiger partial charge in [0, 0.05) is 39.0 Å². The van der Waals surface area contributed by atoms with Crippen LogP contribution in [0.4, 0.5) is 5.69 Å². The molecule has 2 heterocycles. The minimum Gasteiger partial charge on any atom is -0.493 e.